The average molecular weight is 218 g/mol. The first-order chi connectivity index (χ1) is 6.94. The Bertz CT molecular complexity index is 222. The lowest BCUT2D eigenvalue weighted by Crippen LogP contribution is -2.32. The van der Waals surface area contributed by atoms with Gasteiger partial charge in [0.05, 0.1) is 18.6 Å². The minimum Gasteiger partial charge on any atom is -0.465 e. The summed E-state index contributed by atoms with van der Waals surface area (Å²) in [6, 6.07) is 0. The van der Waals surface area contributed by atoms with Crippen LogP contribution in [0.5, 0.6) is 0 Å². The van der Waals surface area contributed by atoms with Crippen molar-refractivity contribution in [3.05, 3.63) is 0 Å². The van der Waals surface area contributed by atoms with Gasteiger partial charge in [0.15, 0.2) is 0 Å². The summed E-state index contributed by atoms with van der Waals surface area (Å²) >= 11 is 0. The van der Waals surface area contributed by atoms with E-state index < -0.39 is 17.5 Å². The molecule has 0 saturated carbocycles. The lowest BCUT2D eigenvalue weighted by Gasteiger charge is -2.21. The monoisotopic (exact) mass is 218 g/mol. The highest BCUT2D eigenvalue weighted by Crippen LogP contribution is 2.17. The zero-order valence-corrected chi connectivity index (χ0v) is 9.66. The fraction of sp³-hybridized carbons (Fsp3) is 0.800. The largest absolute Gasteiger partial charge is 0.508 e. The van der Waals surface area contributed by atoms with E-state index in [0.717, 1.165) is 0 Å². The van der Waals surface area contributed by atoms with Crippen LogP contribution in [0.2, 0.25) is 0 Å². The molecular weight excluding hydrogens is 200 g/mol. The fourth-order valence-electron chi connectivity index (χ4n) is 0.784. The summed E-state index contributed by atoms with van der Waals surface area (Å²) in [5, 5.41) is 0. The summed E-state index contributed by atoms with van der Waals surface area (Å²) < 4.78 is 14.1. The first kappa shape index (κ1) is 13.7. The van der Waals surface area contributed by atoms with Crippen LogP contribution in [0.1, 0.15) is 27.7 Å². The average Bonchev–Trinajstić information content (AvgIpc) is 2.16. The summed E-state index contributed by atoms with van der Waals surface area (Å²) in [5.41, 5.74) is -0.844. The van der Waals surface area contributed by atoms with Gasteiger partial charge in [0.1, 0.15) is 6.61 Å². The van der Waals surface area contributed by atoms with Crippen molar-refractivity contribution < 1.29 is 23.8 Å². The van der Waals surface area contributed by atoms with E-state index in [2.05, 4.69) is 4.74 Å². The number of carbonyl (C=O) groups is 2. The Morgan fingerprint density at radius 3 is 2.00 bits per heavy atom. The molecule has 0 N–H and O–H groups in total. The third-order valence-electron chi connectivity index (χ3n) is 1.64. The van der Waals surface area contributed by atoms with Crippen LogP contribution in [-0.2, 0) is 19.0 Å². The lowest BCUT2D eigenvalue weighted by molar-refractivity contribution is -0.155. The molecule has 5 nitrogen and oxygen atoms in total. The normalized spacial score (nSPS) is 10.7. The molecule has 0 spiro atoms. The van der Waals surface area contributed by atoms with E-state index >= 15 is 0 Å². The molecule has 15 heavy (non-hydrogen) atoms. The minimum absolute atomic E-state index is 0.0509. The molecule has 5 heteroatoms. The van der Waals surface area contributed by atoms with Crippen molar-refractivity contribution in [2.75, 3.05) is 19.8 Å². The fourth-order valence-corrected chi connectivity index (χ4v) is 0.784. The molecule has 0 radical (unpaired) electrons. The zero-order chi connectivity index (χ0) is 11.9. The predicted molar refractivity (Wildman–Crippen MR) is 53.4 cm³/mol. The van der Waals surface area contributed by atoms with E-state index in [4.69, 9.17) is 9.47 Å². The molecule has 0 saturated heterocycles. The topological polar surface area (TPSA) is 61.8 Å². The van der Waals surface area contributed by atoms with Crippen LogP contribution in [0.3, 0.4) is 0 Å². The van der Waals surface area contributed by atoms with E-state index in [0.29, 0.717) is 6.61 Å². The molecule has 0 aromatic carbocycles. The van der Waals surface area contributed by atoms with Crippen LogP contribution < -0.4 is 0 Å². The van der Waals surface area contributed by atoms with Gasteiger partial charge >= 0.3 is 12.1 Å². The van der Waals surface area contributed by atoms with Crippen molar-refractivity contribution in [3.8, 4) is 0 Å². The second-order valence-electron chi connectivity index (χ2n) is 3.58. The SMILES string of the molecule is CCOC(=O)OCC(C)(C)C(=O)OCC. The van der Waals surface area contributed by atoms with E-state index in [-0.39, 0.29) is 13.2 Å². The standard InChI is InChI=1S/C10H18O5/c1-5-13-8(11)10(3,4)7-15-9(12)14-6-2/h5-7H2,1-4H3. The summed E-state index contributed by atoms with van der Waals surface area (Å²) in [4.78, 5) is 22.3. The third kappa shape index (κ3) is 5.24. The van der Waals surface area contributed by atoms with Crippen LogP contribution in [0, 0.1) is 5.41 Å². The summed E-state index contributed by atoms with van der Waals surface area (Å²) in [6.07, 6.45) is -0.769. The van der Waals surface area contributed by atoms with Gasteiger partial charge in [-0.1, -0.05) is 0 Å². The van der Waals surface area contributed by atoms with Crippen LogP contribution in [0.15, 0.2) is 0 Å². The molecule has 0 aliphatic heterocycles. The number of hydrogen-bond donors (Lipinski definition) is 0. The van der Waals surface area contributed by atoms with E-state index in [1.807, 2.05) is 0 Å². The Morgan fingerprint density at radius 1 is 1.00 bits per heavy atom. The van der Waals surface area contributed by atoms with Crippen molar-refractivity contribution in [2.24, 2.45) is 5.41 Å². The molecule has 0 unspecified atom stereocenters. The van der Waals surface area contributed by atoms with Gasteiger partial charge in [0, 0.05) is 0 Å². The highest BCUT2D eigenvalue weighted by atomic mass is 16.7. The molecule has 0 bridgehead atoms. The van der Waals surface area contributed by atoms with Crippen molar-refractivity contribution in [1.29, 1.82) is 0 Å². The van der Waals surface area contributed by atoms with Crippen molar-refractivity contribution >= 4 is 12.1 Å². The van der Waals surface area contributed by atoms with Crippen LogP contribution >= 0.6 is 0 Å². The molecule has 0 aromatic rings. The second-order valence-corrected chi connectivity index (χ2v) is 3.58. The smallest absolute Gasteiger partial charge is 0.465 e. The number of rotatable bonds is 5. The first-order valence-corrected chi connectivity index (χ1v) is 4.90. The molecule has 0 fully saturated rings. The number of ether oxygens (including phenoxy) is 3. The molecule has 88 valence electrons. The third-order valence-corrected chi connectivity index (χ3v) is 1.64. The maximum absolute atomic E-state index is 11.4. The molecule has 0 aromatic heterocycles. The lowest BCUT2D eigenvalue weighted by atomic mass is 9.95. The van der Waals surface area contributed by atoms with Gasteiger partial charge in [0.25, 0.3) is 0 Å². The number of hydrogen-bond acceptors (Lipinski definition) is 5. The van der Waals surface area contributed by atoms with Crippen LogP contribution in [0.25, 0.3) is 0 Å². The van der Waals surface area contributed by atoms with Crippen LogP contribution in [-0.4, -0.2) is 31.9 Å². The quantitative estimate of drug-likeness (QED) is 0.658. The summed E-state index contributed by atoms with van der Waals surface area (Å²) in [6.45, 7) is 7.19. The van der Waals surface area contributed by atoms with Crippen molar-refractivity contribution in [1.82, 2.24) is 0 Å². The summed E-state index contributed by atoms with van der Waals surface area (Å²) in [7, 11) is 0. The van der Waals surface area contributed by atoms with Crippen LogP contribution in [0.4, 0.5) is 4.79 Å². The van der Waals surface area contributed by atoms with Gasteiger partial charge in [-0.15, -0.1) is 0 Å². The Hall–Kier alpha value is -1.26. The van der Waals surface area contributed by atoms with Gasteiger partial charge in [0.2, 0.25) is 0 Å². The first-order valence-electron chi connectivity index (χ1n) is 4.90. The van der Waals surface area contributed by atoms with Crippen molar-refractivity contribution in [3.63, 3.8) is 0 Å². The van der Waals surface area contributed by atoms with Crippen molar-refractivity contribution in [2.45, 2.75) is 27.7 Å². The maximum Gasteiger partial charge on any atom is 0.508 e. The van der Waals surface area contributed by atoms with Gasteiger partial charge in [-0.3, -0.25) is 4.79 Å². The van der Waals surface area contributed by atoms with E-state index in [1.165, 1.54) is 0 Å². The molecular formula is C10H18O5. The molecule has 0 amide bonds. The molecule has 0 atom stereocenters. The van der Waals surface area contributed by atoms with Gasteiger partial charge in [-0.25, -0.2) is 4.79 Å². The Labute approximate surface area is 89.7 Å². The Balaban J connectivity index is 4.03. The molecule has 0 rings (SSSR count). The molecule has 0 aliphatic rings. The zero-order valence-electron chi connectivity index (χ0n) is 9.66. The van der Waals surface area contributed by atoms with Gasteiger partial charge < -0.3 is 14.2 Å². The molecule has 0 heterocycles. The summed E-state index contributed by atoms with van der Waals surface area (Å²) in [5.74, 6) is -0.394. The number of esters is 1. The Morgan fingerprint density at radius 2 is 1.53 bits per heavy atom. The Kier molecular flexibility index (Phi) is 5.74. The minimum atomic E-state index is -0.844. The van der Waals surface area contributed by atoms with Gasteiger partial charge in [-0.05, 0) is 27.7 Å². The second kappa shape index (κ2) is 6.27. The van der Waals surface area contributed by atoms with E-state index in [1.54, 1.807) is 27.7 Å². The van der Waals surface area contributed by atoms with E-state index in [9.17, 15) is 9.59 Å². The highest BCUT2D eigenvalue weighted by Gasteiger charge is 2.31. The highest BCUT2D eigenvalue weighted by molar-refractivity contribution is 5.76. The maximum atomic E-state index is 11.4. The number of carbonyl (C=O) groups excluding carboxylic acids is 2. The predicted octanol–water partition coefficient (Wildman–Crippen LogP) is 1.75. The van der Waals surface area contributed by atoms with Gasteiger partial charge in [-0.2, -0.15) is 0 Å². The molecule has 0 aliphatic carbocycles.